The Labute approximate surface area is 280 Å². The van der Waals surface area contributed by atoms with E-state index in [1.54, 1.807) is 11.1 Å². The van der Waals surface area contributed by atoms with E-state index in [0.29, 0.717) is 30.0 Å². The summed E-state index contributed by atoms with van der Waals surface area (Å²) in [7, 11) is 0. The molecule has 6 rings (SSSR count). The number of halogens is 10. The lowest BCUT2D eigenvalue weighted by Crippen LogP contribution is -2.46. The van der Waals surface area contributed by atoms with Crippen molar-refractivity contribution < 1.29 is 58.7 Å². The molecule has 50 heavy (non-hydrogen) atoms. The number of carbonyl (C=O) groups excluding carboxylic acids is 2. The third kappa shape index (κ3) is 6.79. The molecule has 2 aromatic heterocycles. The molecule has 264 valence electrons. The fourth-order valence-electron chi connectivity index (χ4n) is 5.82. The highest BCUT2D eigenvalue weighted by molar-refractivity contribution is 6.34. The number of piperazine rings is 1. The van der Waals surface area contributed by atoms with E-state index in [4.69, 9.17) is 16.4 Å². The molecule has 1 fully saturated rings. The highest BCUT2D eigenvalue weighted by Crippen LogP contribution is 2.45. The molecule has 0 radical (unpaired) electrons. The molecule has 0 spiro atoms. The number of hydrogen-bond acceptors (Lipinski definition) is 6. The Balaban J connectivity index is 1.49. The van der Waals surface area contributed by atoms with Gasteiger partial charge < -0.3 is 19.5 Å². The molecule has 1 aliphatic heterocycles. The number of ether oxygens (including phenoxy) is 1. The molecule has 18 heteroatoms. The van der Waals surface area contributed by atoms with Crippen molar-refractivity contribution in [3.8, 4) is 16.9 Å². The van der Waals surface area contributed by atoms with Crippen LogP contribution in [0.25, 0.3) is 32.9 Å². The van der Waals surface area contributed by atoms with Crippen LogP contribution in [0.2, 0.25) is 5.02 Å². The molecule has 0 unspecified atom stereocenters. The number of aromatic nitrogens is 2. The van der Waals surface area contributed by atoms with Gasteiger partial charge in [0.2, 0.25) is 0 Å². The van der Waals surface area contributed by atoms with Crippen LogP contribution in [0.3, 0.4) is 0 Å². The van der Waals surface area contributed by atoms with Gasteiger partial charge in [-0.05, 0) is 48.0 Å². The summed E-state index contributed by atoms with van der Waals surface area (Å²) >= 11 is 6.17. The fourth-order valence-corrected chi connectivity index (χ4v) is 6.02. The van der Waals surface area contributed by atoms with Crippen molar-refractivity contribution in [3.05, 3.63) is 83.1 Å². The van der Waals surface area contributed by atoms with Crippen molar-refractivity contribution in [2.45, 2.75) is 25.1 Å². The molecule has 0 bridgehead atoms. The topological polar surface area (TPSA) is 79.8 Å². The van der Waals surface area contributed by atoms with Crippen LogP contribution < -0.4 is 14.5 Å². The maximum Gasteiger partial charge on any atom is 0.493 e. The Kier molecular flexibility index (Phi) is 8.92. The molecule has 0 saturated carbocycles. The summed E-state index contributed by atoms with van der Waals surface area (Å²) in [6.07, 6.45) is -14.1. The van der Waals surface area contributed by atoms with Gasteiger partial charge in [0.25, 0.3) is 0 Å². The largest absolute Gasteiger partial charge is 0.493 e. The van der Waals surface area contributed by atoms with Crippen LogP contribution in [0.5, 0.6) is 5.75 Å². The first kappa shape index (κ1) is 34.9. The van der Waals surface area contributed by atoms with Gasteiger partial charge in [0.1, 0.15) is 0 Å². The Bertz CT molecular complexity index is 2080. The molecule has 3 heterocycles. The second-order valence-electron chi connectivity index (χ2n) is 11.2. The number of fused-ring (bicyclic) bond motifs is 2. The van der Waals surface area contributed by atoms with Crippen LogP contribution >= 0.6 is 11.6 Å². The van der Waals surface area contributed by atoms with Gasteiger partial charge in [-0.1, -0.05) is 29.8 Å². The Morgan fingerprint density at radius 2 is 1.46 bits per heavy atom. The first-order chi connectivity index (χ1) is 23.4. The fraction of sp³-hybridized carbons (Fsp3) is 0.250. The monoisotopic (exact) mass is 732 g/mol. The average molecular weight is 733 g/mol. The third-order valence-electron chi connectivity index (χ3n) is 8.08. The van der Waals surface area contributed by atoms with Crippen molar-refractivity contribution in [1.29, 1.82) is 0 Å². The smallest absolute Gasteiger partial charge is 0.418 e. The molecular weight excluding hydrogens is 711 g/mol. The number of anilines is 1. The standard InChI is InChI=1S/C32H22ClF9N4O4/c33-20-8-9-23-26(27(20)49-28(47)31(37,38)39)25(17-4-6-18(7-5-17)30(34,35)36)24(46(23)50-29(48)32(40,41)42)16-44-12-14-45(15-13-44)22-3-1-2-21-19(22)10-11-43-21/h1-11,43H,12-16H2. The van der Waals surface area contributed by atoms with Crippen molar-refractivity contribution in [2.24, 2.45) is 0 Å². The van der Waals surface area contributed by atoms with Crippen LogP contribution in [-0.4, -0.2) is 65.1 Å². The lowest BCUT2D eigenvalue weighted by atomic mass is 9.99. The Morgan fingerprint density at radius 1 is 0.800 bits per heavy atom. The van der Waals surface area contributed by atoms with E-state index < -0.39 is 57.7 Å². The van der Waals surface area contributed by atoms with E-state index in [0.717, 1.165) is 40.9 Å². The molecule has 0 aliphatic carbocycles. The van der Waals surface area contributed by atoms with Crippen molar-refractivity contribution >= 4 is 51.0 Å². The van der Waals surface area contributed by atoms with Crippen molar-refractivity contribution in [3.63, 3.8) is 0 Å². The maximum atomic E-state index is 13.5. The zero-order valence-corrected chi connectivity index (χ0v) is 25.9. The van der Waals surface area contributed by atoms with Crippen LogP contribution in [0, 0.1) is 0 Å². The van der Waals surface area contributed by atoms with Gasteiger partial charge >= 0.3 is 30.5 Å². The number of nitrogens with one attached hydrogen (secondary N) is 1. The highest BCUT2D eigenvalue weighted by atomic mass is 35.5. The van der Waals surface area contributed by atoms with Crippen LogP contribution in [0.1, 0.15) is 11.3 Å². The predicted octanol–water partition coefficient (Wildman–Crippen LogP) is 7.77. The van der Waals surface area contributed by atoms with Gasteiger partial charge in [0.05, 0.1) is 27.2 Å². The molecule has 8 nitrogen and oxygen atoms in total. The zero-order chi connectivity index (χ0) is 36.2. The number of carbonyl (C=O) groups is 2. The summed E-state index contributed by atoms with van der Waals surface area (Å²) in [5, 5.41) is -0.165. The van der Waals surface area contributed by atoms with E-state index >= 15 is 0 Å². The number of rotatable bonds is 6. The van der Waals surface area contributed by atoms with Crippen LogP contribution in [0.15, 0.2) is 66.9 Å². The normalized spacial score (nSPS) is 14.8. The summed E-state index contributed by atoms with van der Waals surface area (Å²) in [6, 6.07) is 12.6. The molecule has 1 aliphatic rings. The molecule has 0 atom stereocenters. The Morgan fingerprint density at radius 3 is 2.08 bits per heavy atom. The molecule has 1 N–H and O–H groups in total. The van der Waals surface area contributed by atoms with Crippen LogP contribution in [-0.2, 0) is 22.3 Å². The number of H-pyrrole nitrogens is 1. The minimum Gasteiger partial charge on any atom is -0.418 e. The SMILES string of the molecule is O=C(Oc1c(Cl)ccc2c1c(-c1ccc(C(F)(F)F)cc1)c(CN1CCN(c3cccc4[nH]ccc34)CC1)n2OC(=O)C(F)(F)F)C(F)(F)F. The van der Waals surface area contributed by atoms with E-state index in [2.05, 4.69) is 14.6 Å². The van der Waals surface area contributed by atoms with E-state index in [9.17, 15) is 49.1 Å². The Hall–Kier alpha value is -4.90. The minimum absolute atomic E-state index is 0.149. The summed E-state index contributed by atoms with van der Waals surface area (Å²) in [6.45, 7) is 1.05. The maximum absolute atomic E-state index is 13.5. The second kappa shape index (κ2) is 12.8. The molecular formula is C32H22ClF9N4O4. The number of esters is 1. The quantitative estimate of drug-likeness (QED) is 0.109. The predicted molar refractivity (Wildman–Crippen MR) is 163 cm³/mol. The van der Waals surface area contributed by atoms with Crippen molar-refractivity contribution in [1.82, 2.24) is 14.6 Å². The second-order valence-corrected chi connectivity index (χ2v) is 11.6. The van der Waals surface area contributed by atoms with E-state index in [1.165, 1.54) is 0 Å². The number of hydrogen-bond donors (Lipinski definition) is 1. The van der Waals surface area contributed by atoms with Gasteiger partial charge in [-0.25, -0.2) is 9.59 Å². The summed E-state index contributed by atoms with van der Waals surface area (Å²) in [5.41, 5.74) is -0.495. The summed E-state index contributed by atoms with van der Waals surface area (Å²) in [4.78, 5) is 35.9. The zero-order valence-electron chi connectivity index (χ0n) is 25.1. The molecule has 0 amide bonds. The van der Waals surface area contributed by atoms with Gasteiger partial charge in [-0.3, -0.25) is 4.90 Å². The van der Waals surface area contributed by atoms with Gasteiger partial charge in [0, 0.05) is 61.1 Å². The van der Waals surface area contributed by atoms with Crippen LogP contribution in [0.4, 0.5) is 45.2 Å². The van der Waals surface area contributed by atoms with Gasteiger partial charge in [0.15, 0.2) is 5.75 Å². The number of nitrogens with zero attached hydrogens (tertiary/aromatic N) is 3. The molecule has 3 aromatic carbocycles. The van der Waals surface area contributed by atoms with E-state index in [-0.39, 0.29) is 36.5 Å². The molecule has 1 saturated heterocycles. The third-order valence-corrected chi connectivity index (χ3v) is 8.38. The lowest BCUT2D eigenvalue weighted by molar-refractivity contribution is -0.199. The first-order valence-corrected chi connectivity index (χ1v) is 15.0. The van der Waals surface area contributed by atoms with Crippen molar-refractivity contribution in [2.75, 3.05) is 31.1 Å². The van der Waals surface area contributed by atoms with Gasteiger partial charge in [-0.15, -0.1) is 0 Å². The number of aromatic amines is 1. The molecule has 5 aromatic rings. The first-order valence-electron chi connectivity index (χ1n) is 14.6. The average Bonchev–Trinajstić information content (AvgIpc) is 3.64. The number of alkyl halides is 9. The van der Waals surface area contributed by atoms with E-state index in [1.807, 2.05) is 24.3 Å². The number of benzene rings is 3. The summed E-state index contributed by atoms with van der Waals surface area (Å²) in [5.74, 6) is -6.41. The lowest BCUT2D eigenvalue weighted by Gasteiger charge is -2.36. The van der Waals surface area contributed by atoms with Gasteiger partial charge in [-0.2, -0.15) is 44.2 Å². The summed E-state index contributed by atoms with van der Waals surface area (Å²) < 4.78 is 126. The minimum atomic E-state index is -5.54. The highest BCUT2D eigenvalue weighted by Gasteiger charge is 2.44.